The molecule has 0 fully saturated rings. The van der Waals surface area contributed by atoms with Gasteiger partial charge in [0.15, 0.2) is 0 Å². The van der Waals surface area contributed by atoms with Gasteiger partial charge in [-0.2, -0.15) is 0 Å². The summed E-state index contributed by atoms with van der Waals surface area (Å²) in [6.07, 6.45) is 9.35. The quantitative estimate of drug-likeness (QED) is 0.635. The number of aliphatic hydroxyl groups is 1. The van der Waals surface area contributed by atoms with Gasteiger partial charge in [0.2, 0.25) is 0 Å². The number of hydrogen-bond donors (Lipinski definition) is 1. The molecule has 1 rings (SSSR count). The van der Waals surface area contributed by atoms with Gasteiger partial charge in [0.1, 0.15) is 0 Å². The van der Waals surface area contributed by atoms with Crippen molar-refractivity contribution in [2.45, 2.75) is 25.9 Å². The van der Waals surface area contributed by atoms with Crippen LogP contribution in [0.5, 0.6) is 0 Å². The third-order valence-corrected chi connectivity index (χ3v) is 2.29. The van der Waals surface area contributed by atoms with Gasteiger partial charge >= 0.3 is 0 Å². The van der Waals surface area contributed by atoms with Crippen molar-refractivity contribution in [2.75, 3.05) is 0 Å². The summed E-state index contributed by atoms with van der Waals surface area (Å²) in [6, 6.07) is 0. The summed E-state index contributed by atoms with van der Waals surface area (Å²) < 4.78 is 0. The Hall–Kier alpha value is -0.820. The summed E-state index contributed by atoms with van der Waals surface area (Å²) in [5.41, 5.74) is 1.32. The van der Waals surface area contributed by atoms with E-state index in [2.05, 4.69) is 31.7 Å². The Morgan fingerprint density at radius 1 is 1.83 bits per heavy atom. The molecule has 0 amide bonds. The van der Waals surface area contributed by atoms with Gasteiger partial charge in [0, 0.05) is 0 Å². The van der Waals surface area contributed by atoms with Gasteiger partial charge in [0.05, 0.1) is 6.10 Å². The Morgan fingerprint density at radius 2 is 2.58 bits per heavy atom. The molecule has 0 bridgehead atoms. The number of hydrogen-bond acceptors (Lipinski definition) is 1. The Morgan fingerprint density at radius 3 is 3.17 bits per heavy atom. The van der Waals surface area contributed by atoms with Gasteiger partial charge in [-0.1, -0.05) is 36.8 Å². The lowest BCUT2D eigenvalue weighted by atomic mass is 9.89. The zero-order valence-electron chi connectivity index (χ0n) is 7.53. The van der Waals surface area contributed by atoms with Crippen LogP contribution in [0.4, 0.5) is 0 Å². The zero-order valence-corrected chi connectivity index (χ0v) is 7.53. The van der Waals surface area contributed by atoms with Gasteiger partial charge in [-0.05, 0) is 18.8 Å². The molecule has 1 aliphatic carbocycles. The Kier molecular flexibility index (Phi) is 3.30. The van der Waals surface area contributed by atoms with Crippen molar-refractivity contribution in [3.63, 3.8) is 0 Å². The number of rotatable bonds is 3. The van der Waals surface area contributed by atoms with Crippen LogP contribution in [0.2, 0.25) is 0 Å². The minimum atomic E-state index is -0.384. The molecule has 0 aromatic heterocycles. The van der Waals surface area contributed by atoms with E-state index in [4.69, 9.17) is 0 Å². The van der Waals surface area contributed by atoms with E-state index < -0.39 is 0 Å². The molecular formula is C11H16O. The van der Waals surface area contributed by atoms with Crippen molar-refractivity contribution in [3.8, 4) is 0 Å². The molecule has 66 valence electrons. The standard InChI is InChI=1S/C11H16O/c1-3-11(12)8-10-7-5-4-6-9(10)2/h3-5,7,9,11-12H,1,6,8H2,2H3. The smallest absolute Gasteiger partial charge is 0.0755 e. The maximum absolute atomic E-state index is 9.34. The van der Waals surface area contributed by atoms with E-state index in [1.807, 2.05) is 0 Å². The average molecular weight is 164 g/mol. The molecule has 2 atom stereocenters. The van der Waals surface area contributed by atoms with E-state index in [-0.39, 0.29) is 6.10 Å². The third-order valence-electron chi connectivity index (χ3n) is 2.29. The van der Waals surface area contributed by atoms with Crippen LogP contribution in [-0.2, 0) is 0 Å². The molecule has 1 N–H and O–H groups in total. The molecule has 0 spiro atoms. The number of allylic oxidation sites excluding steroid dienone is 3. The number of aliphatic hydroxyl groups excluding tert-OH is 1. The van der Waals surface area contributed by atoms with E-state index in [0.717, 1.165) is 12.8 Å². The van der Waals surface area contributed by atoms with Crippen LogP contribution >= 0.6 is 0 Å². The predicted octanol–water partition coefficient (Wildman–Crippen LogP) is 2.45. The molecule has 0 saturated heterocycles. The SMILES string of the molecule is C=CC(O)CC1=CC=CCC1C. The van der Waals surface area contributed by atoms with Crippen LogP contribution in [0, 0.1) is 5.92 Å². The van der Waals surface area contributed by atoms with E-state index in [0.29, 0.717) is 5.92 Å². The van der Waals surface area contributed by atoms with Gasteiger partial charge < -0.3 is 5.11 Å². The van der Waals surface area contributed by atoms with Crippen LogP contribution in [0.25, 0.3) is 0 Å². The van der Waals surface area contributed by atoms with Crippen LogP contribution in [0.15, 0.2) is 36.5 Å². The molecule has 0 aromatic carbocycles. The topological polar surface area (TPSA) is 20.2 Å². The Balaban J connectivity index is 2.54. The first-order chi connectivity index (χ1) is 5.74. The molecule has 0 aliphatic heterocycles. The maximum atomic E-state index is 9.34. The lowest BCUT2D eigenvalue weighted by Crippen LogP contribution is -2.09. The minimum absolute atomic E-state index is 0.384. The second-order valence-electron chi connectivity index (χ2n) is 3.31. The largest absolute Gasteiger partial charge is 0.389 e. The second kappa shape index (κ2) is 4.27. The molecule has 12 heavy (non-hydrogen) atoms. The molecule has 1 nitrogen and oxygen atoms in total. The summed E-state index contributed by atoms with van der Waals surface area (Å²) >= 11 is 0. The highest BCUT2D eigenvalue weighted by Crippen LogP contribution is 2.23. The van der Waals surface area contributed by atoms with Crippen LogP contribution in [0.3, 0.4) is 0 Å². The first-order valence-corrected chi connectivity index (χ1v) is 4.40. The maximum Gasteiger partial charge on any atom is 0.0755 e. The van der Waals surface area contributed by atoms with Crippen LogP contribution < -0.4 is 0 Å². The summed E-state index contributed by atoms with van der Waals surface area (Å²) in [6.45, 7) is 5.74. The Labute approximate surface area is 74.1 Å². The molecule has 1 aliphatic rings. The van der Waals surface area contributed by atoms with Gasteiger partial charge in [-0.3, -0.25) is 0 Å². The second-order valence-corrected chi connectivity index (χ2v) is 3.31. The highest BCUT2D eigenvalue weighted by atomic mass is 16.3. The molecule has 0 aromatic rings. The van der Waals surface area contributed by atoms with E-state index in [1.54, 1.807) is 6.08 Å². The minimum Gasteiger partial charge on any atom is -0.389 e. The fourth-order valence-corrected chi connectivity index (χ4v) is 1.38. The fourth-order valence-electron chi connectivity index (χ4n) is 1.38. The fraction of sp³-hybridized carbons (Fsp3) is 0.455. The van der Waals surface area contributed by atoms with Crippen LogP contribution in [-0.4, -0.2) is 11.2 Å². The molecule has 2 unspecified atom stereocenters. The lowest BCUT2D eigenvalue weighted by Gasteiger charge is -2.18. The van der Waals surface area contributed by atoms with Crippen molar-refractivity contribution in [1.82, 2.24) is 0 Å². The summed E-state index contributed by atoms with van der Waals surface area (Å²) in [4.78, 5) is 0. The zero-order chi connectivity index (χ0) is 8.97. The highest BCUT2D eigenvalue weighted by molar-refractivity contribution is 5.21. The first kappa shape index (κ1) is 9.27. The summed E-state index contributed by atoms with van der Waals surface area (Å²) in [7, 11) is 0. The molecule has 1 heteroatoms. The van der Waals surface area contributed by atoms with Crippen LogP contribution in [0.1, 0.15) is 19.8 Å². The lowest BCUT2D eigenvalue weighted by molar-refractivity contribution is 0.220. The van der Waals surface area contributed by atoms with E-state index >= 15 is 0 Å². The van der Waals surface area contributed by atoms with Gasteiger partial charge in [0.25, 0.3) is 0 Å². The van der Waals surface area contributed by atoms with Crippen molar-refractivity contribution >= 4 is 0 Å². The first-order valence-electron chi connectivity index (χ1n) is 4.40. The molecular weight excluding hydrogens is 148 g/mol. The highest BCUT2D eigenvalue weighted by Gasteiger charge is 2.11. The van der Waals surface area contributed by atoms with Crippen molar-refractivity contribution in [3.05, 3.63) is 36.5 Å². The van der Waals surface area contributed by atoms with E-state index in [9.17, 15) is 5.11 Å². The summed E-state index contributed by atoms with van der Waals surface area (Å²) in [5, 5.41) is 9.34. The van der Waals surface area contributed by atoms with Gasteiger partial charge in [-0.15, -0.1) is 6.58 Å². The van der Waals surface area contributed by atoms with E-state index in [1.165, 1.54) is 5.57 Å². The monoisotopic (exact) mass is 164 g/mol. The predicted molar refractivity (Wildman–Crippen MR) is 51.8 cm³/mol. The molecule has 0 radical (unpaired) electrons. The summed E-state index contributed by atoms with van der Waals surface area (Å²) in [5.74, 6) is 0.574. The van der Waals surface area contributed by atoms with Gasteiger partial charge in [-0.25, -0.2) is 0 Å². The average Bonchev–Trinajstić information content (AvgIpc) is 2.09. The Bertz CT molecular complexity index is 213. The van der Waals surface area contributed by atoms with Crippen molar-refractivity contribution in [1.29, 1.82) is 0 Å². The normalized spacial score (nSPS) is 24.8. The molecule has 0 saturated carbocycles. The molecule has 0 heterocycles. The van der Waals surface area contributed by atoms with Crippen molar-refractivity contribution < 1.29 is 5.11 Å². The van der Waals surface area contributed by atoms with Crippen molar-refractivity contribution in [2.24, 2.45) is 5.92 Å². The third kappa shape index (κ3) is 2.35.